The third kappa shape index (κ3) is 10.8. The van der Waals surface area contributed by atoms with Crippen molar-refractivity contribution in [2.24, 2.45) is 0 Å². The summed E-state index contributed by atoms with van der Waals surface area (Å²) >= 11 is -1.63. The highest BCUT2D eigenvalue weighted by atomic mass is 33.1. The summed E-state index contributed by atoms with van der Waals surface area (Å²) in [6.45, 7) is 0.221. The molecule has 0 aromatic heterocycles. The number of hydrogen-bond acceptors (Lipinski definition) is 4. The van der Waals surface area contributed by atoms with Gasteiger partial charge in [-0.2, -0.15) is 0 Å². The predicted octanol–water partition coefficient (Wildman–Crippen LogP) is 1.36. The van der Waals surface area contributed by atoms with Gasteiger partial charge in [0.1, 0.15) is 0 Å². The van der Waals surface area contributed by atoms with E-state index in [1.807, 2.05) is 0 Å². The number of aliphatic hydroxyl groups is 1. The monoisotopic (exact) mass is 230 g/mol. The topological polar surface area (TPSA) is 57.5 Å². The lowest BCUT2D eigenvalue weighted by Crippen LogP contribution is -1.94. The van der Waals surface area contributed by atoms with Crippen molar-refractivity contribution in [2.75, 3.05) is 23.9 Å². The van der Waals surface area contributed by atoms with Crippen molar-refractivity contribution in [3.05, 3.63) is 0 Å². The Morgan fingerprint density at radius 2 is 1.83 bits per heavy atom. The van der Waals surface area contributed by atoms with Gasteiger partial charge in [-0.25, -0.2) is 4.21 Å². The van der Waals surface area contributed by atoms with Crippen molar-refractivity contribution in [1.82, 2.24) is 0 Å². The molecule has 1 atom stereocenters. The van der Waals surface area contributed by atoms with Gasteiger partial charge in [-0.05, 0) is 12.8 Å². The van der Waals surface area contributed by atoms with E-state index in [4.69, 9.17) is 9.66 Å². The maximum Gasteiger partial charge on any atom is 0.152 e. The van der Waals surface area contributed by atoms with Crippen LogP contribution in [0.5, 0.6) is 0 Å². The predicted molar refractivity (Wildman–Crippen MR) is 56.9 cm³/mol. The summed E-state index contributed by atoms with van der Waals surface area (Å²) in [7, 11) is 3.35. The van der Waals surface area contributed by atoms with Gasteiger partial charge in [0.15, 0.2) is 11.1 Å². The normalized spacial score (nSPS) is 13.2. The lowest BCUT2D eigenvalue weighted by atomic mass is 10.4. The van der Waals surface area contributed by atoms with Gasteiger partial charge in [0.25, 0.3) is 0 Å². The molecule has 12 heavy (non-hydrogen) atoms. The van der Waals surface area contributed by atoms with Crippen LogP contribution in [0.4, 0.5) is 0 Å². The van der Waals surface area contributed by atoms with E-state index < -0.39 is 11.1 Å². The van der Waals surface area contributed by atoms with Gasteiger partial charge in [0.05, 0.1) is 6.61 Å². The summed E-state index contributed by atoms with van der Waals surface area (Å²) in [6, 6.07) is 0. The molecule has 0 spiro atoms. The fourth-order valence-corrected chi connectivity index (χ4v) is 2.91. The molecule has 0 saturated carbocycles. The zero-order valence-corrected chi connectivity index (χ0v) is 9.22. The van der Waals surface area contributed by atoms with Crippen LogP contribution < -0.4 is 0 Å². The Morgan fingerprint density at radius 1 is 1.17 bits per heavy atom. The maximum absolute atomic E-state index is 10.2. The van der Waals surface area contributed by atoms with Gasteiger partial charge >= 0.3 is 0 Å². The fourth-order valence-electron chi connectivity index (χ4n) is 0.542. The minimum absolute atomic E-state index is 0.221. The van der Waals surface area contributed by atoms with Crippen molar-refractivity contribution in [2.45, 2.75) is 12.8 Å². The Balaban J connectivity index is 2.86. The SMILES string of the molecule is O=S(O)CCCCSSCCO. The molecule has 74 valence electrons. The first kappa shape index (κ1) is 12.8. The molecule has 3 nitrogen and oxygen atoms in total. The third-order valence-electron chi connectivity index (χ3n) is 1.05. The van der Waals surface area contributed by atoms with E-state index in [1.54, 1.807) is 21.6 Å². The van der Waals surface area contributed by atoms with Gasteiger partial charge in [0.2, 0.25) is 0 Å². The zero-order chi connectivity index (χ0) is 9.23. The van der Waals surface area contributed by atoms with Gasteiger partial charge < -0.3 is 9.66 Å². The van der Waals surface area contributed by atoms with E-state index in [1.165, 1.54) is 0 Å². The molecule has 0 aromatic rings. The van der Waals surface area contributed by atoms with Gasteiger partial charge in [-0.15, -0.1) is 0 Å². The lowest BCUT2D eigenvalue weighted by molar-refractivity contribution is 0.323. The van der Waals surface area contributed by atoms with Crippen LogP contribution in [0.15, 0.2) is 0 Å². The first-order valence-electron chi connectivity index (χ1n) is 3.70. The second kappa shape index (κ2) is 9.85. The van der Waals surface area contributed by atoms with E-state index in [2.05, 4.69) is 0 Å². The molecular weight excluding hydrogens is 216 g/mol. The Morgan fingerprint density at radius 3 is 2.42 bits per heavy atom. The average molecular weight is 230 g/mol. The molecule has 0 aliphatic carbocycles. The Bertz CT molecular complexity index is 121. The lowest BCUT2D eigenvalue weighted by Gasteiger charge is -1.98. The van der Waals surface area contributed by atoms with Crippen LogP contribution in [0, 0.1) is 0 Å². The van der Waals surface area contributed by atoms with E-state index in [9.17, 15) is 4.21 Å². The van der Waals surface area contributed by atoms with E-state index in [0.717, 1.165) is 24.3 Å². The maximum atomic E-state index is 10.2. The fraction of sp³-hybridized carbons (Fsp3) is 1.00. The van der Waals surface area contributed by atoms with Crippen molar-refractivity contribution >= 4 is 32.7 Å². The summed E-state index contributed by atoms with van der Waals surface area (Å²) in [5.41, 5.74) is 0. The van der Waals surface area contributed by atoms with Crippen molar-refractivity contribution in [3.63, 3.8) is 0 Å². The summed E-state index contributed by atoms with van der Waals surface area (Å²) in [5.74, 6) is 2.13. The second-order valence-corrected chi connectivity index (χ2v) is 5.85. The summed E-state index contributed by atoms with van der Waals surface area (Å²) in [5, 5.41) is 8.43. The molecule has 0 aromatic carbocycles. The Kier molecular flexibility index (Phi) is 10.5. The quantitative estimate of drug-likeness (QED) is 0.375. The first-order chi connectivity index (χ1) is 5.77. The smallest absolute Gasteiger partial charge is 0.152 e. The molecule has 0 saturated heterocycles. The molecule has 0 heterocycles. The van der Waals surface area contributed by atoms with E-state index in [-0.39, 0.29) is 6.61 Å². The summed E-state index contributed by atoms with van der Waals surface area (Å²) < 4.78 is 18.6. The van der Waals surface area contributed by atoms with Gasteiger partial charge in [0, 0.05) is 17.3 Å². The highest BCUT2D eigenvalue weighted by Gasteiger charge is 1.94. The zero-order valence-electron chi connectivity index (χ0n) is 6.77. The van der Waals surface area contributed by atoms with Crippen LogP contribution in [-0.2, 0) is 11.1 Å². The van der Waals surface area contributed by atoms with E-state index >= 15 is 0 Å². The molecule has 0 bridgehead atoms. The van der Waals surface area contributed by atoms with E-state index in [0.29, 0.717) is 5.75 Å². The molecule has 0 radical (unpaired) electrons. The van der Waals surface area contributed by atoms with Crippen LogP contribution in [-0.4, -0.2) is 37.7 Å². The average Bonchev–Trinajstić information content (AvgIpc) is 2.02. The standard InChI is InChI=1S/C6H14O3S3/c7-3-5-11-10-4-1-2-6-12(8)9/h7H,1-6H2,(H,8,9). The van der Waals surface area contributed by atoms with Crippen LogP contribution >= 0.6 is 21.6 Å². The minimum Gasteiger partial charge on any atom is -0.395 e. The van der Waals surface area contributed by atoms with Crippen molar-refractivity contribution in [1.29, 1.82) is 0 Å². The summed E-state index contributed by atoms with van der Waals surface area (Å²) in [4.78, 5) is 0. The molecule has 0 aliphatic heterocycles. The molecule has 1 unspecified atom stereocenters. The highest BCUT2D eigenvalue weighted by molar-refractivity contribution is 8.76. The van der Waals surface area contributed by atoms with Crippen molar-refractivity contribution in [3.8, 4) is 0 Å². The molecule has 2 N–H and O–H groups in total. The number of rotatable bonds is 8. The third-order valence-corrected chi connectivity index (χ3v) is 4.16. The Hall–Kier alpha value is 0.770. The number of aliphatic hydroxyl groups excluding tert-OH is 1. The largest absolute Gasteiger partial charge is 0.395 e. The van der Waals surface area contributed by atoms with Gasteiger partial charge in [-0.3, -0.25) is 0 Å². The molecule has 0 fully saturated rings. The molecular formula is C6H14O3S3. The molecule has 6 heteroatoms. The van der Waals surface area contributed by atoms with Crippen LogP contribution in [0.25, 0.3) is 0 Å². The van der Waals surface area contributed by atoms with Gasteiger partial charge in [-0.1, -0.05) is 21.6 Å². The molecule has 0 amide bonds. The molecule has 0 aliphatic rings. The second-order valence-electron chi connectivity index (χ2n) is 2.10. The number of unbranched alkanes of at least 4 members (excludes halogenated alkanes) is 1. The van der Waals surface area contributed by atoms with Crippen molar-refractivity contribution < 1.29 is 13.9 Å². The Labute approximate surface area is 83.4 Å². The van der Waals surface area contributed by atoms with Crippen LogP contribution in [0.3, 0.4) is 0 Å². The number of hydrogen-bond donors (Lipinski definition) is 2. The minimum atomic E-state index is -1.63. The van der Waals surface area contributed by atoms with Crippen LogP contribution in [0.1, 0.15) is 12.8 Å². The summed E-state index contributed by atoms with van der Waals surface area (Å²) in [6.07, 6.45) is 1.77. The highest BCUT2D eigenvalue weighted by Crippen LogP contribution is 2.21. The molecule has 0 rings (SSSR count). The van der Waals surface area contributed by atoms with Crippen LogP contribution in [0.2, 0.25) is 0 Å². The first-order valence-corrected chi connectivity index (χ1v) is 7.46.